The van der Waals surface area contributed by atoms with Crippen molar-refractivity contribution in [2.24, 2.45) is 0 Å². The fourth-order valence-corrected chi connectivity index (χ4v) is 3.78. The van der Waals surface area contributed by atoms with Gasteiger partial charge < -0.3 is 5.32 Å². The van der Waals surface area contributed by atoms with E-state index in [1.807, 2.05) is 31.2 Å². The average molecular weight is 404 g/mol. The number of aryl methyl sites for hydroxylation is 1. The van der Waals surface area contributed by atoms with Crippen molar-refractivity contribution in [1.29, 1.82) is 0 Å². The summed E-state index contributed by atoms with van der Waals surface area (Å²) in [6, 6.07) is 12.2. The molecule has 0 spiro atoms. The topological polar surface area (TPSA) is 72.2 Å². The molecular formula is C17H11Cl2N5OS. The minimum absolute atomic E-state index is 0.297. The van der Waals surface area contributed by atoms with E-state index in [-0.39, 0.29) is 5.91 Å². The molecule has 1 N–H and O–H groups in total. The van der Waals surface area contributed by atoms with Crippen LogP contribution in [0.15, 0.2) is 42.5 Å². The largest absolute Gasteiger partial charge is 0.322 e. The van der Waals surface area contributed by atoms with Crippen molar-refractivity contribution in [3.63, 3.8) is 0 Å². The summed E-state index contributed by atoms with van der Waals surface area (Å²) < 4.78 is 1.71. The molecule has 0 radical (unpaired) electrons. The Morgan fingerprint density at radius 3 is 2.58 bits per heavy atom. The monoisotopic (exact) mass is 403 g/mol. The number of anilines is 1. The number of hydrogen-bond donors (Lipinski definition) is 1. The van der Waals surface area contributed by atoms with Crippen LogP contribution < -0.4 is 5.32 Å². The molecule has 1 amide bonds. The van der Waals surface area contributed by atoms with Crippen molar-refractivity contribution >= 4 is 51.1 Å². The summed E-state index contributed by atoms with van der Waals surface area (Å²) >= 11 is 13.4. The lowest BCUT2D eigenvalue weighted by Crippen LogP contribution is -2.12. The summed E-state index contributed by atoms with van der Waals surface area (Å²) in [5.41, 5.74) is 1.95. The average Bonchev–Trinajstić information content (AvgIpc) is 3.18. The molecule has 2 aromatic heterocycles. The van der Waals surface area contributed by atoms with E-state index in [4.69, 9.17) is 23.2 Å². The second-order valence-electron chi connectivity index (χ2n) is 5.50. The van der Waals surface area contributed by atoms with Crippen LogP contribution in [-0.4, -0.2) is 25.7 Å². The van der Waals surface area contributed by atoms with Crippen LogP contribution in [0.2, 0.25) is 10.0 Å². The molecule has 2 aromatic carbocycles. The van der Waals surface area contributed by atoms with Gasteiger partial charge in [0.15, 0.2) is 5.82 Å². The predicted molar refractivity (Wildman–Crippen MR) is 103 cm³/mol. The third kappa shape index (κ3) is 3.16. The lowest BCUT2D eigenvalue weighted by Gasteiger charge is -2.07. The number of benzene rings is 2. The Hall–Kier alpha value is -2.48. The van der Waals surface area contributed by atoms with Crippen molar-refractivity contribution in [2.75, 3.05) is 5.32 Å². The summed E-state index contributed by atoms with van der Waals surface area (Å²) in [7, 11) is 0. The summed E-state index contributed by atoms with van der Waals surface area (Å²) in [4.78, 5) is 13.1. The Bertz CT molecular complexity index is 1120. The van der Waals surface area contributed by atoms with Gasteiger partial charge >= 0.3 is 0 Å². The van der Waals surface area contributed by atoms with Crippen molar-refractivity contribution < 1.29 is 4.79 Å². The molecule has 6 nitrogen and oxygen atoms in total. The lowest BCUT2D eigenvalue weighted by atomic mass is 10.2. The van der Waals surface area contributed by atoms with Crippen molar-refractivity contribution in [2.45, 2.75) is 6.92 Å². The first-order chi connectivity index (χ1) is 12.5. The van der Waals surface area contributed by atoms with Crippen LogP contribution in [0.5, 0.6) is 0 Å². The van der Waals surface area contributed by atoms with E-state index in [1.165, 1.54) is 17.4 Å². The molecule has 0 saturated carbocycles. The normalized spacial score (nSPS) is 11.0. The van der Waals surface area contributed by atoms with Gasteiger partial charge in [-0.15, -0.1) is 10.2 Å². The van der Waals surface area contributed by atoms with E-state index >= 15 is 0 Å². The van der Waals surface area contributed by atoms with Crippen LogP contribution in [0.4, 0.5) is 5.69 Å². The van der Waals surface area contributed by atoms with Gasteiger partial charge in [-0.1, -0.05) is 34.5 Å². The SMILES string of the molecule is Cc1nnc2sc(-c3ccc(NC(=O)c4ccc(Cl)cc4Cl)cc3)nn12. The van der Waals surface area contributed by atoms with Crippen LogP contribution in [-0.2, 0) is 0 Å². The number of nitrogens with one attached hydrogen (secondary N) is 1. The Morgan fingerprint density at radius 2 is 1.88 bits per heavy atom. The zero-order valence-electron chi connectivity index (χ0n) is 13.4. The zero-order chi connectivity index (χ0) is 18.3. The molecule has 130 valence electrons. The van der Waals surface area contributed by atoms with Gasteiger partial charge in [-0.25, -0.2) is 0 Å². The van der Waals surface area contributed by atoms with Gasteiger partial charge in [-0.2, -0.15) is 9.61 Å². The smallest absolute Gasteiger partial charge is 0.257 e. The summed E-state index contributed by atoms with van der Waals surface area (Å²) in [6.45, 7) is 1.85. The first-order valence-electron chi connectivity index (χ1n) is 7.57. The van der Waals surface area contributed by atoms with Crippen LogP contribution in [0, 0.1) is 6.92 Å². The molecule has 0 bridgehead atoms. The van der Waals surface area contributed by atoms with E-state index < -0.39 is 0 Å². The van der Waals surface area contributed by atoms with Crippen LogP contribution in [0.25, 0.3) is 15.5 Å². The van der Waals surface area contributed by atoms with Gasteiger partial charge in [0.2, 0.25) is 4.96 Å². The minimum Gasteiger partial charge on any atom is -0.322 e. The first kappa shape index (κ1) is 17.0. The van der Waals surface area contributed by atoms with Gasteiger partial charge in [0, 0.05) is 16.3 Å². The second kappa shape index (κ2) is 6.68. The molecule has 9 heteroatoms. The molecule has 0 aliphatic carbocycles. The van der Waals surface area contributed by atoms with Crippen molar-refractivity contribution in [3.05, 3.63) is 63.9 Å². The van der Waals surface area contributed by atoms with Crippen LogP contribution >= 0.6 is 34.5 Å². The zero-order valence-corrected chi connectivity index (χ0v) is 15.7. The molecule has 0 unspecified atom stereocenters. The number of hydrogen-bond acceptors (Lipinski definition) is 5. The Balaban J connectivity index is 1.54. The molecule has 26 heavy (non-hydrogen) atoms. The number of fused-ring (bicyclic) bond motifs is 1. The highest BCUT2D eigenvalue weighted by Gasteiger charge is 2.13. The highest BCUT2D eigenvalue weighted by molar-refractivity contribution is 7.19. The van der Waals surface area contributed by atoms with E-state index in [1.54, 1.807) is 16.6 Å². The molecule has 4 aromatic rings. The van der Waals surface area contributed by atoms with Gasteiger partial charge in [0.1, 0.15) is 5.01 Å². The van der Waals surface area contributed by atoms with Gasteiger partial charge in [0.25, 0.3) is 5.91 Å². The third-order valence-electron chi connectivity index (χ3n) is 3.71. The number of halogens is 2. The Kier molecular flexibility index (Phi) is 4.36. The maximum absolute atomic E-state index is 12.4. The fraction of sp³-hybridized carbons (Fsp3) is 0.0588. The van der Waals surface area contributed by atoms with Crippen molar-refractivity contribution in [3.8, 4) is 10.6 Å². The summed E-state index contributed by atoms with van der Waals surface area (Å²) in [5, 5.41) is 17.0. The van der Waals surface area contributed by atoms with Crippen molar-refractivity contribution in [1.82, 2.24) is 19.8 Å². The third-order valence-corrected chi connectivity index (χ3v) is 5.21. The Morgan fingerprint density at radius 1 is 1.12 bits per heavy atom. The van der Waals surface area contributed by atoms with E-state index in [9.17, 15) is 4.79 Å². The lowest BCUT2D eigenvalue weighted by molar-refractivity contribution is 0.102. The molecule has 2 heterocycles. The number of aromatic nitrogens is 4. The fourth-order valence-electron chi connectivity index (χ4n) is 2.40. The molecule has 0 aliphatic heterocycles. The van der Waals surface area contributed by atoms with Crippen LogP contribution in [0.1, 0.15) is 16.2 Å². The number of amides is 1. The predicted octanol–water partition coefficient (Wildman–Crippen LogP) is 4.72. The highest BCUT2D eigenvalue weighted by atomic mass is 35.5. The van der Waals surface area contributed by atoms with E-state index in [2.05, 4.69) is 20.6 Å². The maximum atomic E-state index is 12.4. The minimum atomic E-state index is -0.297. The first-order valence-corrected chi connectivity index (χ1v) is 9.14. The van der Waals surface area contributed by atoms with Crippen LogP contribution in [0.3, 0.4) is 0 Å². The molecule has 0 atom stereocenters. The molecule has 0 saturated heterocycles. The molecule has 0 fully saturated rings. The molecule has 0 aliphatic rings. The number of carbonyl (C=O) groups is 1. The second-order valence-corrected chi connectivity index (χ2v) is 7.30. The molecular weight excluding hydrogens is 393 g/mol. The highest BCUT2D eigenvalue weighted by Crippen LogP contribution is 2.27. The summed E-state index contributed by atoms with van der Waals surface area (Å²) in [5.74, 6) is 0.445. The van der Waals surface area contributed by atoms with E-state index in [0.29, 0.717) is 21.3 Å². The maximum Gasteiger partial charge on any atom is 0.257 e. The number of carbonyl (C=O) groups excluding carboxylic acids is 1. The number of rotatable bonds is 3. The van der Waals surface area contributed by atoms with Gasteiger partial charge in [0.05, 0.1) is 10.6 Å². The quantitative estimate of drug-likeness (QED) is 0.536. The van der Waals surface area contributed by atoms with Gasteiger partial charge in [-0.3, -0.25) is 4.79 Å². The standard InChI is InChI=1S/C17H11Cl2N5OS/c1-9-21-22-17-24(9)23-16(26-17)10-2-5-12(6-3-10)20-15(25)13-7-4-11(18)8-14(13)19/h2-8H,1H3,(H,20,25). The molecule has 4 rings (SSSR count). The Labute approximate surface area is 162 Å². The van der Waals surface area contributed by atoms with Gasteiger partial charge in [-0.05, 0) is 49.4 Å². The van der Waals surface area contributed by atoms with E-state index in [0.717, 1.165) is 21.4 Å². The summed E-state index contributed by atoms with van der Waals surface area (Å²) in [6.07, 6.45) is 0. The number of nitrogens with zero attached hydrogens (tertiary/aromatic N) is 4.